The van der Waals surface area contributed by atoms with Gasteiger partial charge in [-0.2, -0.15) is 0 Å². The van der Waals surface area contributed by atoms with Gasteiger partial charge in [0.15, 0.2) is 0 Å². The van der Waals surface area contributed by atoms with Gasteiger partial charge in [0.2, 0.25) is 0 Å². The molecule has 1 aliphatic rings. The fourth-order valence-electron chi connectivity index (χ4n) is 3.11. The number of ketones is 1. The number of piperidine rings is 1. The third-order valence-electron chi connectivity index (χ3n) is 4.47. The van der Waals surface area contributed by atoms with E-state index in [1.165, 1.54) is 16.7 Å². The SMILES string of the molecule is C[C@@H](c1ccccc1-c1ccc(Cl)cc1)N1CCC(=O)CC1. The van der Waals surface area contributed by atoms with E-state index in [4.69, 9.17) is 11.6 Å². The summed E-state index contributed by atoms with van der Waals surface area (Å²) in [7, 11) is 0. The van der Waals surface area contributed by atoms with Crippen molar-refractivity contribution in [3.63, 3.8) is 0 Å². The average Bonchev–Trinajstić information content (AvgIpc) is 2.56. The predicted octanol–water partition coefficient (Wildman–Crippen LogP) is 4.73. The number of hydrogen-bond acceptors (Lipinski definition) is 2. The van der Waals surface area contributed by atoms with Gasteiger partial charge >= 0.3 is 0 Å². The van der Waals surface area contributed by atoms with E-state index < -0.39 is 0 Å². The van der Waals surface area contributed by atoms with Crippen LogP contribution in [0.15, 0.2) is 48.5 Å². The Balaban J connectivity index is 1.90. The number of nitrogens with zero attached hydrogens (tertiary/aromatic N) is 1. The molecule has 0 aromatic heterocycles. The number of rotatable bonds is 3. The summed E-state index contributed by atoms with van der Waals surface area (Å²) in [5.74, 6) is 0.384. The van der Waals surface area contributed by atoms with Gasteiger partial charge in [-0.25, -0.2) is 0 Å². The van der Waals surface area contributed by atoms with Crippen molar-refractivity contribution in [3.8, 4) is 11.1 Å². The molecule has 1 saturated heterocycles. The number of benzene rings is 2. The second-order valence-corrected chi connectivity index (χ2v) is 6.28. The van der Waals surface area contributed by atoms with E-state index in [-0.39, 0.29) is 0 Å². The molecule has 0 radical (unpaired) electrons. The van der Waals surface area contributed by atoms with Crippen LogP contribution in [0.25, 0.3) is 11.1 Å². The number of carbonyl (C=O) groups is 1. The first kappa shape index (κ1) is 15.3. The van der Waals surface area contributed by atoms with Crippen LogP contribution >= 0.6 is 11.6 Å². The van der Waals surface area contributed by atoms with Gasteiger partial charge in [-0.3, -0.25) is 9.69 Å². The van der Waals surface area contributed by atoms with Crippen molar-refractivity contribution in [2.75, 3.05) is 13.1 Å². The van der Waals surface area contributed by atoms with Crippen LogP contribution in [0.2, 0.25) is 5.02 Å². The summed E-state index contributed by atoms with van der Waals surface area (Å²) in [6, 6.07) is 16.8. The molecule has 1 fully saturated rings. The number of Topliss-reactive ketones (excluding diaryl/α,β-unsaturated/α-hetero) is 1. The maximum atomic E-state index is 11.4. The van der Waals surface area contributed by atoms with Crippen molar-refractivity contribution in [3.05, 3.63) is 59.1 Å². The highest BCUT2D eigenvalue weighted by Crippen LogP contribution is 2.32. The molecule has 0 aliphatic carbocycles. The Labute approximate surface area is 136 Å². The van der Waals surface area contributed by atoms with Gasteiger partial charge in [0.25, 0.3) is 0 Å². The van der Waals surface area contributed by atoms with Gasteiger partial charge in [0.1, 0.15) is 5.78 Å². The molecule has 2 aromatic rings. The van der Waals surface area contributed by atoms with Crippen LogP contribution in [-0.4, -0.2) is 23.8 Å². The Kier molecular flexibility index (Phi) is 4.60. The first-order chi connectivity index (χ1) is 10.6. The van der Waals surface area contributed by atoms with E-state index in [0.717, 1.165) is 18.1 Å². The van der Waals surface area contributed by atoms with Crippen molar-refractivity contribution >= 4 is 17.4 Å². The Morgan fingerprint density at radius 1 is 1.00 bits per heavy atom. The van der Waals surface area contributed by atoms with E-state index in [1.807, 2.05) is 12.1 Å². The highest BCUT2D eigenvalue weighted by atomic mass is 35.5. The average molecular weight is 314 g/mol. The molecular weight excluding hydrogens is 294 g/mol. The first-order valence-electron chi connectivity index (χ1n) is 7.76. The molecule has 22 heavy (non-hydrogen) atoms. The molecule has 0 saturated carbocycles. The van der Waals surface area contributed by atoms with Gasteiger partial charge in [-0.15, -0.1) is 0 Å². The lowest BCUT2D eigenvalue weighted by Gasteiger charge is -2.33. The zero-order valence-electron chi connectivity index (χ0n) is 12.8. The maximum Gasteiger partial charge on any atom is 0.135 e. The fraction of sp³-hybridized carbons (Fsp3) is 0.316. The van der Waals surface area contributed by atoms with Crippen molar-refractivity contribution in [2.45, 2.75) is 25.8 Å². The third-order valence-corrected chi connectivity index (χ3v) is 4.72. The van der Waals surface area contributed by atoms with Gasteiger partial charge in [-0.1, -0.05) is 48.0 Å². The van der Waals surface area contributed by atoms with Gasteiger partial charge in [0, 0.05) is 37.0 Å². The van der Waals surface area contributed by atoms with Crippen molar-refractivity contribution in [1.29, 1.82) is 0 Å². The quantitative estimate of drug-likeness (QED) is 0.816. The van der Waals surface area contributed by atoms with Crippen LogP contribution in [0.1, 0.15) is 31.4 Å². The molecule has 1 atom stereocenters. The molecule has 0 unspecified atom stereocenters. The lowest BCUT2D eigenvalue weighted by Crippen LogP contribution is -2.35. The first-order valence-corrected chi connectivity index (χ1v) is 8.13. The second kappa shape index (κ2) is 6.64. The van der Waals surface area contributed by atoms with Crippen LogP contribution in [-0.2, 0) is 4.79 Å². The topological polar surface area (TPSA) is 20.3 Å². The summed E-state index contributed by atoms with van der Waals surface area (Å²) in [5.41, 5.74) is 3.72. The summed E-state index contributed by atoms with van der Waals surface area (Å²) >= 11 is 6.00. The molecule has 2 nitrogen and oxygen atoms in total. The molecule has 0 amide bonds. The minimum Gasteiger partial charge on any atom is -0.300 e. The fourth-order valence-corrected chi connectivity index (χ4v) is 3.24. The smallest absolute Gasteiger partial charge is 0.135 e. The normalized spacial score (nSPS) is 17.5. The largest absolute Gasteiger partial charge is 0.300 e. The second-order valence-electron chi connectivity index (χ2n) is 5.84. The molecule has 0 bridgehead atoms. The standard InChI is InChI=1S/C19H20ClNO/c1-14(21-12-10-17(22)11-13-21)18-4-2-3-5-19(18)15-6-8-16(20)9-7-15/h2-9,14H,10-13H2,1H3/t14-/m0/s1. The highest BCUT2D eigenvalue weighted by Gasteiger charge is 2.23. The summed E-state index contributed by atoms with van der Waals surface area (Å²) in [4.78, 5) is 13.8. The Bertz CT molecular complexity index is 655. The number of halogens is 1. The Morgan fingerprint density at radius 2 is 1.64 bits per heavy atom. The van der Waals surface area contributed by atoms with Gasteiger partial charge in [-0.05, 0) is 35.7 Å². The molecule has 0 N–H and O–H groups in total. The number of likely N-dealkylation sites (tertiary alicyclic amines) is 1. The van der Waals surface area contributed by atoms with Crippen molar-refractivity contribution in [1.82, 2.24) is 4.90 Å². The summed E-state index contributed by atoms with van der Waals surface area (Å²) < 4.78 is 0. The van der Waals surface area contributed by atoms with Crippen LogP contribution in [0.5, 0.6) is 0 Å². The number of carbonyl (C=O) groups excluding carboxylic acids is 1. The lowest BCUT2D eigenvalue weighted by atomic mass is 9.94. The van der Waals surface area contributed by atoms with E-state index in [9.17, 15) is 4.79 Å². The Hall–Kier alpha value is -1.64. The molecule has 1 aliphatic heterocycles. The Morgan fingerprint density at radius 3 is 2.32 bits per heavy atom. The van der Waals surface area contributed by atoms with E-state index in [2.05, 4.69) is 48.2 Å². The summed E-state index contributed by atoms with van der Waals surface area (Å²) in [6.07, 6.45) is 1.35. The molecule has 3 rings (SSSR count). The van der Waals surface area contributed by atoms with E-state index in [1.54, 1.807) is 0 Å². The molecule has 2 aromatic carbocycles. The van der Waals surface area contributed by atoms with Crippen LogP contribution in [0, 0.1) is 0 Å². The van der Waals surface area contributed by atoms with Gasteiger partial charge in [0.05, 0.1) is 0 Å². The third kappa shape index (κ3) is 3.23. The molecule has 3 heteroatoms. The maximum absolute atomic E-state index is 11.4. The summed E-state index contributed by atoms with van der Waals surface area (Å²) in [5, 5.41) is 0.754. The lowest BCUT2D eigenvalue weighted by molar-refractivity contribution is -0.121. The number of hydrogen-bond donors (Lipinski definition) is 0. The zero-order chi connectivity index (χ0) is 15.5. The minimum atomic E-state index is 0.306. The van der Waals surface area contributed by atoms with Crippen LogP contribution < -0.4 is 0 Å². The highest BCUT2D eigenvalue weighted by molar-refractivity contribution is 6.30. The summed E-state index contributed by atoms with van der Waals surface area (Å²) in [6.45, 7) is 3.94. The monoisotopic (exact) mass is 313 g/mol. The van der Waals surface area contributed by atoms with Crippen molar-refractivity contribution < 1.29 is 4.79 Å². The molecule has 0 spiro atoms. The van der Waals surface area contributed by atoms with Crippen LogP contribution in [0.4, 0.5) is 0 Å². The van der Waals surface area contributed by atoms with Crippen molar-refractivity contribution in [2.24, 2.45) is 0 Å². The van der Waals surface area contributed by atoms with E-state index in [0.29, 0.717) is 24.7 Å². The van der Waals surface area contributed by atoms with E-state index >= 15 is 0 Å². The predicted molar refractivity (Wildman–Crippen MR) is 91.1 cm³/mol. The molecule has 1 heterocycles. The van der Waals surface area contributed by atoms with Gasteiger partial charge < -0.3 is 0 Å². The minimum absolute atomic E-state index is 0.306. The zero-order valence-corrected chi connectivity index (χ0v) is 13.5. The molecular formula is C19H20ClNO. The van der Waals surface area contributed by atoms with Crippen LogP contribution in [0.3, 0.4) is 0 Å². The molecule has 114 valence electrons.